The quantitative estimate of drug-likeness (QED) is 0.611. The summed E-state index contributed by atoms with van der Waals surface area (Å²) in [6.45, 7) is 2.03. The Balaban J connectivity index is 1.93. The van der Waals surface area contributed by atoms with E-state index in [0.717, 1.165) is 11.3 Å². The molecule has 0 atom stereocenters. The van der Waals surface area contributed by atoms with E-state index in [2.05, 4.69) is 21.0 Å². The number of hydrogen-bond acceptors (Lipinski definition) is 2. The van der Waals surface area contributed by atoms with E-state index < -0.39 is 0 Å². The zero-order valence-electron chi connectivity index (χ0n) is 11.5. The molecule has 103 valence electrons. The molecule has 2 aromatic rings. The first-order valence-corrected chi connectivity index (χ1v) is 7.44. The molecule has 1 radical (unpaired) electrons. The molecule has 2 aromatic carbocycles. The van der Waals surface area contributed by atoms with Crippen LogP contribution in [-0.4, -0.2) is 26.7 Å². The maximum atomic E-state index is 12.5. The number of carbonyl (C=O) groups is 1. The summed E-state index contributed by atoms with van der Waals surface area (Å²) in [5, 5.41) is 0. The van der Waals surface area contributed by atoms with Gasteiger partial charge in [0.05, 0.1) is 0 Å². The third-order valence-corrected chi connectivity index (χ3v) is 3.80. The van der Waals surface area contributed by atoms with Gasteiger partial charge in [0.25, 0.3) is 0 Å². The number of benzene rings is 2. The Bertz CT molecular complexity index is 733. The zero-order valence-corrected chi connectivity index (χ0v) is 13.2. The van der Waals surface area contributed by atoms with Gasteiger partial charge in [-0.1, -0.05) is 0 Å². The molecule has 1 aliphatic heterocycles. The van der Waals surface area contributed by atoms with Crippen LogP contribution >= 0.6 is 0 Å². The van der Waals surface area contributed by atoms with Crippen LogP contribution in [0, 0.1) is 6.92 Å². The van der Waals surface area contributed by atoms with Crippen LogP contribution in [0.1, 0.15) is 11.1 Å². The standard InChI is InChI=1S/C17H13N2OSe/c1-12-7-9-13(10-8-12)11-15-16(20)19(17(21)18-15)14-5-3-2-4-6-14/h2-11H,1H3. The van der Waals surface area contributed by atoms with Gasteiger partial charge in [0, 0.05) is 0 Å². The van der Waals surface area contributed by atoms with Gasteiger partial charge in [-0.25, -0.2) is 0 Å². The number of amidine groups is 1. The summed E-state index contributed by atoms with van der Waals surface area (Å²) in [4.78, 5) is 18.4. The second-order valence-corrected chi connectivity index (χ2v) is 5.58. The van der Waals surface area contributed by atoms with Crippen LogP contribution in [0.15, 0.2) is 65.3 Å². The first kappa shape index (κ1) is 13.8. The average Bonchev–Trinajstić information content (AvgIpc) is 2.77. The Morgan fingerprint density at radius 3 is 2.38 bits per heavy atom. The van der Waals surface area contributed by atoms with Crippen molar-refractivity contribution in [3.8, 4) is 0 Å². The topological polar surface area (TPSA) is 32.7 Å². The maximum absolute atomic E-state index is 12.5. The van der Waals surface area contributed by atoms with E-state index in [4.69, 9.17) is 0 Å². The van der Waals surface area contributed by atoms with Gasteiger partial charge in [0.1, 0.15) is 0 Å². The van der Waals surface area contributed by atoms with Gasteiger partial charge in [-0.15, -0.1) is 0 Å². The van der Waals surface area contributed by atoms with Crippen molar-refractivity contribution in [3.05, 3.63) is 71.4 Å². The summed E-state index contributed by atoms with van der Waals surface area (Å²) < 4.78 is 0.574. The van der Waals surface area contributed by atoms with Crippen LogP contribution in [0.5, 0.6) is 0 Å². The molecule has 0 spiro atoms. The molecule has 21 heavy (non-hydrogen) atoms. The van der Waals surface area contributed by atoms with Crippen molar-refractivity contribution in [1.29, 1.82) is 0 Å². The van der Waals surface area contributed by atoms with E-state index in [1.165, 1.54) is 5.56 Å². The monoisotopic (exact) mass is 341 g/mol. The summed E-state index contributed by atoms with van der Waals surface area (Å²) in [5.41, 5.74) is 3.41. The minimum absolute atomic E-state index is 0.115. The van der Waals surface area contributed by atoms with Gasteiger partial charge in [-0.2, -0.15) is 0 Å². The van der Waals surface area contributed by atoms with E-state index in [1.807, 2.05) is 67.6 Å². The number of aliphatic imine (C=N–C) groups is 1. The molecule has 0 saturated carbocycles. The van der Waals surface area contributed by atoms with Crippen molar-refractivity contribution in [2.75, 3.05) is 4.90 Å². The van der Waals surface area contributed by atoms with Crippen LogP contribution in [0.4, 0.5) is 5.69 Å². The Hall–Kier alpha value is -2.16. The first-order valence-electron chi connectivity index (χ1n) is 6.59. The fraction of sp³-hybridized carbons (Fsp3) is 0.0588. The first-order chi connectivity index (χ1) is 10.1. The number of aryl methyl sites for hydroxylation is 1. The molecule has 3 rings (SSSR count). The third-order valence-electron chi connectivity index (χ3n) is 3.22. The Morgan fingerprint density at radius 2 is 1.71 bits per heavy atom. The molecule has 0 unspecified atom stereocenters. The number of amides is 1. The number of rotatable bonds is 2. The number of anilines is 1. The molecule has 1 heterocycles. The van der Waals surface area contributed by atoms with Crippen LogP contribution in [0.3, 0.4) is 0 Å². The molecule has 3 nitrogen and oxygen atoms in total. The van der Waals surface area contributed by atoms with Gasteiger partial charge in [0.15, 0.2) is 0 Å². The van der Waals surface area contributed by atoms with E-state index in [-0.39, 0.29) is 5.91 Å². The van der Waals surface area contributed by atoms with Crippen LogP contribution in [0.2, 0.25) is 0 Å². The summed E-state index contributed by atoms with van der Waals surface area (Å²) in [6.07, 6.45) is 1.81. The third kappa shape index (κ3) is 2.82. The molecule has 0 aromatic heterocycles. The normalized spacial score (nSPS) is 16.4. The molecular weight excluding hydrogens is 327 g/mol. The fourth-order valence-electron chi connectivity index (χ4n) is 2.12. The summed E-state index contributed by atoms with van der Waals surface area (Å²) >= 11 is 2.86. The van der Waals surface area contributed by atoms with Crippen LogP contribution in [0.25, 0.3) is 6.08 Å². The molecule has 1 amide bonds. The van der Waals surface area contributed by atoms with E-state index in [0.29, 0.717) is 10.4 Å². The molecule has 0 bridgehead atoms. The summed E-state index contributed by atoms with van der Waals surface area (Å²) in [7, 11) is 0. The minimum atomic E-state index is -0.115. The van der Waals surface area contributed by atoms with Crippen molar-refractivity contribution in [2.45, 2.75) is 6.92 Å². The average molecular weight is 340 g/mol. The van der Waals surface area contributed by atoms with Crippen molar-refractivity contribution in [3.63, 3.8) is 0 Å². The fourth-order valence-corrected chi connectivity index (χ4v) is 2.72. The predicted octanol–water partition coefficient (Wildman–Crippen LogP) is 2.91. The second kappa shape index (κ2) is 5.68. The number of nitrogens with zero attached hydrogens (tertiary/aromatic N) is 2. The van der Waals surface area contributed by atoms with Gasteiger partial charge in [-0.3, -0.25) is 0 Å². The Kier molecular flexibility index (Phi) is 3.74. The molecule has 1 aliphatic rings. The SMILES string of the molecule is Cc1ccc(C=C2N=C([Se])N(c3ccccc3)C2=O)cc1. The number of carbonyl (C=O) groups excluding carboxylic acids is 1. The number of hydrogen-bond donors (Lipinski definition) is 0. The second-order valence-electron chi connectivity index (χ2n) is 4.81. The van der Waals surface area contributed by atoms with Crippen LogP contribution < -0.4 is 4.90 Å². The summed E-state index contributed by atoms with van der Waals surface area (Å²) in [6, 6.07) is 17.5. The van der Waals surface area contributed by atoms with Crippen molar-refractivity contribution < 1.29 is 4.79 Å². The molecular formula is C17H13N2OSe. The molecule has 0 aliphatic carbocycles. The molecule has 4 heteroatoms. The van der Waals surface area contributed by atoms with E-state index >= 15 is 0 Å². The predicted molar refractivity (Wildman–Crippen MR) is 86.3 cm³/mol. The van der Waals surface area contributed by atoms with Crippen molar-refractivity contribution in [1.82, 2.24) is 0 Å². The Morgan fingerprint density at radius 1 is 1.05 bits per heavy atom. The number of para-hydroxylation sites is 1. The van der Waals surface area contributed by atoms with Gasteiger partial charge in [-0.05, 0) is 0 Å². The van der Waals surface area contributed by atoms with E-state index in [9.17, 15) is 4.79 Å². The van der Waals surface area contributed by atoms with Gasteiger partial charge in [0.2, 0.25) is 0 Å². The summed E-state index contributed by atoms with van der Waals surface area (Å²) in [5.74, 6) is -0.115. The van der Waals surface area contributed by atoms with Crippen LogP contribution in [-0.2, 0) is 4.79 Å². The van der Waals surface area contributed by atoms with Gasteiger partial charge < -0.3 is 0 Å². The van der Waals surface area contributed by atoms with Gasteiger partial charge >= 0.3 is 131 Å². The van der Waals surface area contributed by atoms with E-state index in [1.54, 1.807) is 4.90 Å². The zero-order chi connectivity index (χ0) is 14.8. The molecule has 0 saturated heterocycles. The van der Waals surface area contributed by atoms with Crippen molar-refractivity contribution >= 4 is 38.4 Å². The molecule has 0 N–H and O–H groups in total. The Labute approximate surface area is 131 Å². The molecule has 0 fully saturated rings. The van der Waals surface area contributed by atoms with Crippen molar-refractivity contribution in [2.24, 2.45) is 4.99 Å².